The maximum Gasteiger partial charge on any atom is 0.308 e. The van der Waals surface area contributed by atoms with Crippen LogP contribution in [0.25, 0.3) is 0 Å². The summed E-state index contributed by atoms with van der Waals surface area (Å²) in [5.74, 6) is -1.58. The van der Waals surface area contributed by atoms with Crippen molar-refractivity contribution in [2.75, 3.05) is 5.32 Å². The lowest BCUT2D eigenvalue weighted by Gasteiger charge is -2.28. The highest BCUT2D eigenvalue weighted by Gasteiger charge is 2.34. The van der Waals surface area contributed by atoms with Crippen LogP contribution >= 0.6 is 11.8 Å². The minimum absolute atomic E-state index is 0.114. The number of para-hydroxylation sites is 1. The summed E-state index contributed by atoms with van der Waals surface area (Å²) in [7, 11) is 0. The van der Waals surface area contributed by atoms with Gasteiger partial charge in [-0.25, -0.2) is 0 Å². The Kier molecular flexibility index (Phi) is 6.50. The Morgan fingerprint density at radius 3 is 2.67 bits per heavy atom. The number of carbonyl (C=O) groups excluding carboxylic acids is 3. The van der Waals surface area contributed by atoms with Gasteiger partial charge in [-0.05, 0) is 31.9 Å². The van der Waals surface area contributed by atoms with E-state index in [9.17, 15) is 19.6 Å². The summed E-state index contributed by atoms with van der Waals surface area (Å²) in [4.78, 5) is 37.5. The number of fused-ring (bicyclic) bond motifs is 1. The number of thioether (sulfide) groups is 1. The quantitative estimate of drug-likeness (QED) is 0.724. The average molecular weight is 389 g/mol. The molecule has 2 amide bonds. The first-order chi connectivity index (χ1) is 12.7. The third-order valence-corrected chi connectivity index (χ3v) is 5.78. The summed E-state index contributed by atoms with van der Waals surface area (Å²) in [6.45, 7) is 6.69. The molecule has 2 rings (SSSR count). The van der Waals surface area contributed by atoms with Crippen LogP contribution in [0.5, 0.6) is 0 Å². The van der Waals surface area contributed by atoms with Gasteiger partial charge in [-0.2, -0.15) is 5.26 Å². The molecule has 0 saturated carbocycles. The topological polar surface area (TPSA) is 108 Å². The molecule has 1 aromatic carbocycles. The number of nitriles is 1. The summed E-state index contributed by atoms with van der Waals surface area (Å²) in [5.41, 5.74) is -0.338. The molecule has 144 valence electrons. The van der Waals surface area contributed by atoms with Crippen LogP contribution in [0.15, 0.2) is 29.2 Å². The second-order valence-corrected chi connectivity index (χ2v) is 8.13. The van der Waals surface area contributed by atoms with Crippen LogP contribution in [0, 0.1) is 17.2 Å². The van der Waals surface area contributed by atoms with Crippen LogP contribution in [0.3, 0.4) is 0 Å². The molecule has 7 nitrogen and oxygen atoms in total. The van der Waals surface area contributed by atoms with Gasteiger partial charge in [0, 0.05) is 4.90 Å². The fourth-order valence-electron chi connectivity index (χ4n) is 2.34. The fraction of sp³-hybridized carbons (Fsp3) is 0.474. The molecule has 0 radical (unpaired) electrons. The van der Waals surface area contributed by atoms with E-state index >= 15 is 0 Å². The van der Waals surface area contributed by atoms with Crippen molar-refractivity contribution in [2.24, 2.45) is 5.92 Å². The number of hydrogen-bond acceptors (Lipinski definition) is 6. The van der Waals surface area contributed by atoms with E-state index in [2.05, 4.69) is 16.7 Å². The highest BCUT2D eigenvalue weighted by molar-refractivity contribution is 8.01. The normalized spacial score (nSPS) is 19.1. The van der Waals surface area contributed by atoms with Crippen molar-refractivity contribution in [1.82, 2.24) is 5.32 Å². The first-order valence-corrected chi connectivity index (χ1v) is 9.53. The number of amides is 2. The van der Waals surface area contributed by atoms with Crippen LogP contribution in [-0.2, 0) is 19.1 Å². The van der Waals surface area contributed by atoms with Crippen molar-refractivity contribution < 1.29 is 19.1 Å². The molecule has 0 spiro atoms. The Morgan fingerprint density at radius 1 is 1.37 bits per heavy atom. The Morgan fingerprint density at radius 2 is 2.04 bits per heavy atom. The highest BCUT2D eigenvalue weighted by atomic mass is 32.2. The molecule has 0 bridgehead atoms. The van der Waals surface area contributed by atoms with Gasteiger partial charge < -0.3 is 15.4 Å². The molecule has 0 aliphatic carbocycles. The molecule has 27 heavy (non-hydrogen) atoms. The number of ether oxygens (including phenoxy) is 1. The van der Waals surface area contributed by atoms with Gasteiger partial charge >= 0.3 is 5.97 Å². The summed E-state index contributed by atoms with van der Waals surface area (Å²) in [6, 6.07) is 9.40. The van der Waals surface area contributed by atoms with Gasteiger partial charge in [-0.1, -0.05) is 26.0 Å². The zero-order valence-corrected chi connectivity index (χ0v) is 16.6. The second kappa shape index (κ2) is 8.44. The summed E-state index contributed by atoms with van der Waals surface area (Å²) >= 11 is 1.29. The molecule has 0 fully saturated rings. The number of benzene rings is 1. The van der Waals surface area contributed by atoms with Crippen LogP contribution in [-0.4, -0.2) is 34.7 Å². The average Bonchev–Trinajstić information content (AvgIpc) is 2.61. The zero-order valence-electron chi connectivity index (χ0n) is 15.7. The van der Waals surface area contributed by atoms with E-state index in [-0.39, 0.29) is 18.2 Å². The third-order valence-electron chi connectivity index (χ3n) is 4.51. The van der Waals surface area contributed by atoms with E-state index < -0.39 is 28.8 Å². The molecule has 0 unspecified atom stereocenters. The lowest BCUT2D eigenvalue weighted by molar-refractivity contribution is -0.155. The molecule has 0 aromatic heterocycles. The zero-order chi connectivity index (χ0) is 20.2. The van der Waals surface area contributed by atoms with Crippen molar-refractivity contribution in [1.29, 1.82) is 5.26 Å². The Labute approximate surface area is 162 Å². The highest BCUT2D eigenvalue weighted by Crippen LogP contribution is 2.36. The molecule has 1 aliphatic rings. The van der Waals surface area contributed by atoms with Crippen LogP contribution in [0.1, 0.15) is 34.1 Å². The SMILES string of the molecule is CC(C)[C@](C)(C#N)NC(=O)[C@H](C)OC(=O)C[C@@H]1Sc2ccccc2NC1=O. The van der Waals surface area contributed by atoms with Crippen LogP contribution < -0.4 is 10.6 Å². The van der Waals surface area contributed by atoms with E-state index in [1.807, 2.05) is 32.0 Å². The van der Waals surface area contributed by atoms with Gasteiger partial charge in [0.15, 0.2) is 6.10 Å². The standard InChI is InChI=1S/C19H23N3O4S/c1-11(2)19(4,10-20)22-17(24)12(3)26-16(23)9-15-18(25)21-13-7-5-6-8-14(13)27-15/h5-8,11-12,15H,9H2,1-4H3,(H,21,25)(H,22,24)/t12-,15-,19-/m0/s1. The fourth-order valence-corrected chi connectivity index (χ4v) is 3.43. The van der Waals surface area contributed by atoms with E-state index in [0.717, 1.165) is 4.90 Å². The predicted octanol–water partition coefficient (Wildman–Crippen LogP) is 2.48. The van der Waals surface area contributed by atoms with Gasteiger partial charge in [-0.15, -0.1) is 11.8 Å². The Bertz CT molecular complexity index is 789. The van der Waals surface area contributed by atoms with Gasteiger partial charge in [0.05, 0.1) is 23.4 Å². The molecular formula is C19H23N3O4S. The smallest absolute Gasteiger partial charge is 0.308 e. The Hall–Kier alpha value is -2.53. The number of hydrogen-bond donors (Lipinski definition) is 2. The molecule has 1 aromatic rings. The lowest BCUT2D eigenvalue weighted by Crippen LogP contribution is -2.52. The molecule has 2 N–H and O–H groups in total. The predicted molar refractivity (Wildman–Crippen MR) is 102 cm³/mol. The van der Waals surface area contributed by atoms with Crippen molar-refractivity contribution in [2.45, 2.75) is 55.9 Å². The first-order valence-electron chi connectivity index (χ1n) is 8.65. The van der Waals surface area contributed by atoms with E-state index in [4.69, 9.17) is 4.74 Å². The van der Waals surface area contributed by atoms with E-state index in [0.29, 0.717) is 5.69 Å². The van der Waals surface area contributed by atoms with Crippen LogP contribution in [0.2, 0.25) is 0 Å². The van der Waals surface area contributed by atoms with E-state index in [1.54, 1.807) is 13.0 Å². The van der Waals surface area contributed by atoms with Crippen molar-refractivity contribution in [3.05, 3.63) is 24.3 Å². The summed E-state index contributed by atoms with van der Waals surface area (Å²) in [5, 5.41) is 14.0. The minimum atomic E-state index is -1.06. The number of carbonyl (C=O) groups is 3. The monoisotopic (exact) mass is 389 g/mol. The maximum absolute atomic E-state index is 12.3. The van der Waals surface area contributed by atoms with Crippen molar-refractivity contribution >= 4 is 35.2 Å². The molecule has 3 atom stereocenters. The van der Waals surface area contributed by atoms with Gasteiger partial charge in [-0.3, -0.25) is 14.4 Å². The lowest BCUT2D eigenvalue weighted by atomic mass is 9.90. The van der Waals surface area contributed by atoms with Crippen LogP contribution in [0.4, 0.5) is 5.69 Å². The second-order valence-electron chi connectivity index (χ2n) is 6.89. The summed E-state index contributed by atoms with van der Waals surface area (Å²) < 4.78 is 5.17. The largest absolute Gasteiger partial charge is 0.453 e. The van der Waals surface area contributed by atoms with Gasteiger partial charge in [0.2, 0.25) is 5.91 Å². The van der Waals surface area contributed by atoms with Gasteiger partial charge in [0.25, 0.3) is 5.91 Å². The number of nitrogens with one attached hydrogen (secondary N) is 2. The molecular weight excluding hydrogens is 366 g/mol. The molecule has 0 saturated heterocycles. The Balaban J connectivity index is 1.93. The minimum Gasteiger partial charge on any atom is -0.453 e. The van der Waals surface area contributed by atoms with Gasteiger partial charge in [0.1, 0.15) is 5.54 Å². The summed E-state index contributed by atoms with van der Waals surface area (Å²) in [6.07, 6.45) is -1.21. The molecule has 8 heteroatoms. The molecule has 1 heterocycles. The number of nitrogens with zero attached hydrogens (tertiary/aromatic N) is 1. The first kappa shape index (κ1) is 20.8. The van der Waals surface area contributed by atoms with Crippen molar-refractivity contribution in [3.8, 4) is 6.07 Å². The number of rotatable bonds is 6. The molecule has 1 aliphatic heterocycles. The van der Waals surface area contributed by atoms with Crippen molar-refractivity contribution in [3.63, 3.8) is 0 Å². The maximum atomic E-state index is 12.3. The number of esters is 1. The van der Waals surface area contributed by atoms with E-state index in [1.165, 1.54) is 18.7 Å². The number of anilines is 1. The third kappa shape index (κ3) is 5.01.